The van der Waals surface area contributed by atoms with Crippen LogP contribution in [0.4, 0.5) is 0 Å². The molecular formula is C25H28N2O3. The number of hydrogen-bond acceptors (Lipinski definition) is 3. The van der Waals surface area contributed by atoms with E-state index in [1.165, 1.54) is 0 Å². The Morgan fingerprint density at radius 2 is 1.77 bits per heavy atom. The van der Waals surface area contributed by atoms with Gasteiger partial charge in [-0.1, -0.05) is 61.5 Å². The molecule has 0 radical (unpaired) electrons. The molecule has 156 valence electrons. The normalized spacial score (nSPS) is 22.1. The number of benzene rings is 2. The third-order valence-electron chi connectivity index (χ3n) is 6.43. The Balaban J connectivity index is 1.62. The standard InChI is InChI=1S/C25H28N2O3/c1-3-8-18-11-13-19(14-12-18)23-21(15-28)27(22(29)4-2)25(23)16-26(17-25)24(30)20-9-6-5-7-10-20/h3,5-14,21,23,28H,4,15-17H2,1-2H3/b8-3+/t21-,23+/m0/s1. The van der Waals surface area contributed by atoms with Crippen molar-refractivity contribution in [2.24, 2.45) is 0 Å². The second-order valence-electron chi connectivity index (χ2n) is 8.14. The molecule has 0 aliphatic carbocycles. The van der Waals surface area contributed by atoms with Crippen molar-refractivity contribution in [2.75, 3.05) is 19.7 Å². The van der Waals surface area contributed by atoms with Gasteiger partial charge in [0.25, 0.3) is 5.91 Å². The van der Waals surface area contributed by atoms with Gasteiger partial charge in [-0.05, 0) is 30.2 Å². The molecule has 1 N–H and O–H groups in total. The van der Waals surface area contributed by atoms with Crippen LogP contribution in [0.25, 0.3) is 6.08 Å². The van der Waals surface area contributed by atoms with E-state index in [2.05, 4.69) is 24.3 Å². The maximum atomic E-state index is 12.9. The number of amides is 2. The van der Waals surface area contributed by atoms with E-state index in [4.69, 9.17) is 0 Å². The fraction of sp³-hybridized carbons (Fsp3) is 0.360. The molecule has 2 amide bonds. The number of likely N-dealkylation sites (tertiary alicyclic amines) is 2. The third-order valence-corrected chi connectivity index (χ3v) is 6.43. The average molecular weight is 405 g/mol. The zero-order valence-corrected chi connectivity index (χ0v) is 17.5. The van der Waals surface area contributed by atoms with E-state index in [0.717, 1.165) is 11.1 Å². The van der Waals surface area contributed by atoms with Crippen molar-refractivity contribution in [3.63, 3.8) is 0 Å². The lowest BCUT2D eigenvalue weighted by Gasteiger charge is -2.70. The molecule has 5 heteroatoms. The number of aliphatic hydroxyl groups is 1. The highest BCUT2D eigenvalue weighted by Crippen LogP contribution is 2.54. The summed E-state index contributed by atoms with van der Waals surface area (Å²) in [5.74, 6) is 0.0277. The van der Waals surface area contributed by atoms with Gasteiger partial charge in [-0.3, -0.25) is 9.59 Å². The molecule has 2 aromatic rings. The topological polar surface area (TPSA) is 60.9 Å². The SMILES string of the molecule is C/C=C/c1ccc([C@@H]2[C@H](CO)N(C(=O)CC)C23CN(C(=O)c2ccccc2)C3)cc1. The molecular weight excluding hydrogens is 376 g/mol. The summed E-state index contributed by atoms with van der Waals surface area (Å²) in [5, 5.41) is 10.1. The highest BCUT2D eigenvalue weighted by atomic mass is 16.3. The minimum Gasteiger partial charge on any atom is -0.394 e. The maximum Gasteiger partial charge on any atom is 0.254 e. The smallest absolute Gasteiger partial charge is 0.254 e. The van der Waals surface area contributed by atoms with Gasteiger partial charge in [0.05, 0.1) is 18.2 Å². The first kappa shape index (κ1) is 20.4. The summed E-state index contributed by atoms with van der Waals surface area (Å²) in [4.78, 5) is 29.3. The molecule has 2 heterocycles. The van der Waals surface area contributed by atoms with Crippen LogP contribution in [0.5, 0.6) is 0 Å². The van der Waals surface area contributed by atoms with Crippen LogP contribution in [-0.2, 0) is 4.79 Å². The van der Waals surface area contributed by atoms with Gasteiger partial charge in [0, 0.05) is 31.0 Å². The van der Waals surface area contributed by atoms with Gasteiger partial charge in [0.15, 0.2) is 0 Å². The summed E-state index contributed by atoms with van der Waals surface area (Å²) < 4.78 is 0. The van der Waals surface area contributed by atoms with Crippen molar-refractivity contribution in [3.8, 4) is 0 Å². The van der Waals surface area contributed by atoms with Crippen LogP contribution in [0.15, 0.2) is 60.7 Å². The lowest BCUT2D eigenvalue weighted by Crippen LogP contribution is -2.85. The number of rotatable bonds is 5. The van der Waals surface area contributed by atoms with E-state index in [0.29, 0.717) is 25.1 Å². The molecule has 0 aromatic heterocycles. The lowest BCUT2D eigenvalue weighted by atomic mass is 9.60. The van der Waals surface area contributed by atoms with Gasteiger partial charge in [-0.25, -0.2) is 0 Å². The molecule has 0 unspecified atom stereocenters. The number of carbonyl (C=O) groups excluding carboxylic acids is 2. The second-order valence-corrected chi connectivity index (χ2v) is 8.14. The molecule has 1 spiro atoms. The summed E-state index contributed by atoms with van der Waals surface area (Å²) >= 11 is 0. The molecule has 30 heavy (non-hydrogen) atoms. The van der Waals surface area contributed by atoms with Crippen LogP contribution in [-0.4, -0.2) is 58.0 Å². The van der Waals surface area contributed by atoms with Crippen LogP contribution in [0, 0.1) is 0 Å². The highest BCUT2D eigenvalue weighted by molar-refractivity contribution is 5.95. The van der Waals surface area contributed by atoms with Gasteiger partial charge in [0.1, 0.15) is 0 Å². The quantitative estimate of drug-likeness (QED) is 0.832. The zero-order chi connectivity index (χ0) is 21.3. The second kappa shape index (κ2) is 8.07. The van der Waals surface area contributed by atoms with Crippen molar-refractivity contribution < 1.29 is 14.7 Å². The fourth-order valence-corrected chi connectivity index (χ4v) is 5.11. The summed E-state index contributed by atoms with van der Waals surface area (Å²) in [6.07, 6.45) is 4.43. The van der Waals surface area contributed by atoms with E-state index in [9.17, 15) is 14.7 Å². The fourth-order valence-electron chi connectivity index (χ4n) is 5.11. The van der Waals surface area contributed by atoms with Crippen LogP contribution in [0.3, 0.4) is 0 Å². The summed E-state index contributed by atoms with van der Waals surface area (Å²) in [5.41, 5.74) is 2.44. The van der Waals surface area contributed by atoms with Gasteiger partial charge >= 0.3 is 0 Å². The Morgan fingerprint density at radius 3 is 2.33 bits per heavy atom. The molecule has 5 nitrogen and oxygen atoms in total. The molecule has 2 saturated heterocycles. The molecule has 2 aromatic carbocycles. The molecule has 2 fully saturated rings. The van der Waals surface area contributed by atoms with Crippen molar-refractivity contribution >= 4 is 17.9 Å². The predicted octanol–water partition coefficient (Wildman–Crippen LogP) is 3.31. The van der Waals surface area contributed by atoms with Gasteiger partial charge in [-0.15, -0.1) is 0 Å². The van der Waals surface area contributed by atoms with Crippen LogP contribution in [0.2, 0.25) is 0 Å². The van der Waals surface area contributed by atoms with Crippen molar-refractivity contribution in [3.05, 3.63) is 77.4 Å². The highest BCUT2D eigenvalue weighted by Gasteiger charge is 2.67. The monoisotopic (exact) mass is 404 g/mol. The first-order chi connectivity index (χ1) is 14.6. The summed E-state index contributed by atoms with van der Waals surface area (Å²) in [6.45, 7) is 4.72. The van der Waals surface area contributed by atoms with E-state index in [1.807, 2.05) is 61.2 Å². The Morgan fingerprint density at radius 1 is 1.10 bits per heavy atom. The molecule has 0 saturated carbocycles. The number of aliphatic hydroxyl groups excluding tert-OH is 1. The average Bonchev–Trinajstić information content (AvgIpc) is 2.74. The maximum absolute atomic E-state index is 12.9. The summed E-state index contributed by atoms with van der Waals surface area (Å²) in [6, 6.07) is 17.3. The number of hydrogen-bond donors (Lipinski definition) is 1. The van der Waals surface area contributed by atoms with Gasteiger partial charge in [0.2, 0.25) is 5.91 Å². The first-order valence-corrected chi connectivity index (χ1v) is 10.6. The minimum atomic E-state index is -0.437. The van der Waals surface area contributed by atoms with Crippen molar-refractivity contribution in [2.45, 2.75) is 37.8 Å². The Hall–Kier alpha value is -2.92. The predicted molar refractivity (Wildman–Crippen MR) is 117 cm³/mol. The number of allylic oxidation sites excluding steroid dienone is 1. The van der Waals surface area contributed by atoms with E-state index in [1.54, 1.807) is 4.90 Å². The number of carbonyl (C=O) groups is 2. The van der Waals surface area contributed by atoms with E-state index >= 15 is 0 Å². The Bertz CT molecular complexity index is 946. The Labute approximate surface area is 177 Å². The van der Waals surface area contributed by atoms with Gasteiger partial charge < -0.3 is 14.9 Å². The van der Waals surface area contributed by atoms with Crippen molar-refractivity contribution in [1.29, 1.82) is 0 Å². The zero-order valence-electron chi connectivity index (χ0n) is 17.5. The minimum absolute atomic E-state index is 0.0116. The van der Waals surface area contributed by atoms with Crippen LogP contribution < -0.4 is 0 Å². The number of nitrogens with zero attached hydrogens (tertiary/aromatic N) is 2. The molecule has 4 rings (SSSR count). The van der Waals surface area contributed by atoms with E-state index < -0.39 is 5.54 Å². The lowest BCUT2D eigenvalue weighted by molar-refractivity contribution is -0.193. The van der Waals surface area contributed by atoms with Crippen LogP contribution >= 0.6 is 0 Å². The third kappa shape index (κ3) is 3.14. The van der Waals surface area contributed by atoms with Gasteiger partial charge in [-0.2, -0.15) is 0 Å². The Kier molecular flexibility index (Phi) is 5.48. The summed E-state index contributed by atoms with van der Waals surface area (Å²) in [7, 11) is 0. The largest absolute Gasteiger partial charge is 0.394 e. The molecule has 0 bridgehead atoms. The van der Waals surface area contributed by atoms with E-state index in [-0.39, 0.29) is 30.4 Å². The van der Waals surface area contributed by atoms with Crippen LogP contribution in [0.1, 0.15) is 47.7 Å². The molecule has 2 aliphatic rings. The van der Waals surface area contributed by atoms with Crippen molar-refractivity contribution in [1.82, 2.24) is 9.80 Å². The molecule has 2 atom stereocenters. The first-order valence-electron chi connectivity index (χ1n) is 10.6. The molecule has 2 aliphatic heterocycles.